The van der Waals surface area contributed by atoms with E-state index in [1.54, 1.807) is 34.6 Å². The average Bonchev–Trinajstić information content (AvgIpc) is 2.14. The van der Waals surface area contributed by atoms with E-state index in [-0.39, 0.29) is 18.8 Å². The lowest BCUT2D eigenvalue weighted by atomic mass is 10.5. The number of rotatable bonds is 8. The zero-order valence-electron chi connectivity index (χ0n) is 11.4. The minimum absolute atomic E-state index is 0.244. The monoisotopic (exact) mass is 280 g/mol. The van der Waals surface area contributed by atoms with Crippen molar-refractivity contribution in [2.45, 2.75) is 46.8 Å². The lowest BCUT2D eigenvalue weighted by molar-refractivity contribution is -0.134. The van der Waals surface area contributed by atoms with Gasteiger partial charge in [-0.25, -0.2) is 14.6 Å². The van der Waals surface area contributed by atoms with Crippen molar-refractivity contribution in [3.63, 3.8) is 0 Å². The molecule has 0 saturated heterocycles. The van der Waals surface area contributed by atoms with Gasteiger partial charge in [-0.1, -0.05) is 0 Å². The molecule has 0 aromatic heterocycles. The maximum Gasteiger partial charge on any atom is 0.448 e. The molecule has 0 unspecified atom stereocenters. The second-order valence-electron chi connectivity index (χ2n) is 3.92. The standard InChI is InChI=1S/C10H21N2O5P/c1-6-15-10(13)7-11-12-18(14,16-8(2)3)17-9(4)5/h7-9H,6H2,1-5H3,(H,12,14)/b11-7+. The van der Waals surface area contributed by atoms with Gasteiger partial charge in [0.15, 0.2) is 0 Å². The Morgan fingerprint density at radius 2 is 1.78 bits per heavy atom. The Hall–Kier alpha value is -0.910. The molecule has 0 bridgehead atoms. The predicted molar refractivity (Wildman–Crippen MR) is 68.3 cm³/mol. The van der Waals surface area contributed by atoms with Crippen LogP contribution in [0.1, 0.15) is 34.6 Å². The maximum atomic E-state index is 12.2. The molecule has 8 heteroatoms. The van der Waals surface area contributed by atoms with Crippen LogP contribution in [0, 0.1) is 0 Å². The molecule has 0 aromatic carbocycles. The molecule has 0 fully saturated rings. The Labute approximate surface area is 107 Å². The first kappa shape index (κ1) is 17.1. The first-order chi connectivity index (χ1) is 8.29. The van der Waals surface area contributed by atoms with Gasteiger partial charge >= 0.3 is 13.7 Å². The molecule has 0 aliphatic rings. The van der Waals surface area contributed by atoms with E-state index in [0.29, 0.717) is 0 Å². The fraction of sp³-hybridized carbons (Fsp3) is 0.800. The Bertz CT molecular complexity index is 316. The smallest absolute Gasteiger partial charge is 0.448 e. The molecule has 0 atom stereocenters. The van der Waals surface area contributed by atoms with Gasteiger partial charge in [-0.15, -0.1) is 0 Å². The summed E-state index contributed by atoms with van der Waals surface area (Å²) in [4.78, 5) is 11.0. The van der Waals surface area contributed by atoms with Crippen LogP contribution in [0.25, 0.3) is 0 Å². The van der Waals surface area contributed by atoms with E-state index in [1.165, 1.54) is 0 Å². The number of hydrazone groups is 1. The van der Waals surface area contributed by atoms with Crippen LogP contribution in [0.15, 0.2) is 5.10 Å². The molecule has 1 N–H and O–H groups in total. The second kappa shape index (κ2) is 8.24. The van der Waals surface area contributed by atoms with E-state index >= 15 is 0 Å². The summed E-state index contributed by atoms with van der Waals surface area (Å²) in [5.74, 6) is -0.634. The fourth-order valence-corrected chi connectivity index (χ4v) is 2.41. The number of carbonyl (C=O) groups is 1. The Morgan fingerprint density at radius 1 is 1.28 bits per heavy atom. The summed E-state index contributed by atoms with van der Waals surface area (Å²) in [5.41, 5.74) is 0. The van der Waals surface area contributed by atoms with E-state index in [1.807, 2.05) is 0 Å². The molecule has 0 radical (unpaired) electrons. The topological polar surface area (TPSA) is 86.2 Å². The number of hydrogen-bond donors (Lipinski definition) is 1. The van der Waals surface area contributed by atoms with E-state index in [4.69, 9.17) is 9.05 Å². The zero-order chi connectivity index (χ0) is 14.2. The lowest BCUT2D eigenvalue weighted by Gasteiger charge is -2.21. The largest absolute Gasteiger partial charge is 0.462 e. The van der Waals surface area contributed by atoms with Crippen molar-refractivity contribution in [3.05, 3.63) is 0 Å². The third-order valence-electron chi connectivity index (χ3n) is 1.34. The number of ether oxygens (including phenoxy) is 1. The normalized spacial score (nSPS) is 12.4. The Morgan fingerprint density at radius 3 is 2.17 bits per heavy atom. The molecule has 7 nitrogen and oxygen atoms in total. The molecule has 0 aliphatic heterocycles. The quantitative estimate of drug-likeness (QED) is 0.317. The SMILES string of the molecule is CCOC(=O)/C=N/NP(=O)(OC(C)C)OC(C)C. The van der Waals surface area contributed by atoms with Gasteiger partial charge in [0.25, 0.3) is 0 Å². The summed E-state index contributed by atoms with van der Waals surface area (Å²) in [6.45, 7) is 8.78. The number of hydrogen-bond acceptors (Lipinski definition) is 6. The van der Waals surface area contributed by atoms with Crippen molar-refractivity contribution in [1.29, 1.82) is 0 Å². The van der Waals surface area contributed by atoms with Crippen LogP contribution in [0.2, 0.25) is 0 Å². The highest BCUT2D eigenvalue weighted by molar-refractivity contribution is 7.51. The molecule has 0 heterocycles. The highest BCUT2D eigenvalue weighted by Crippen LogP contribution is 2.46. The van der Waals surface area contributed by atoms with Crippen LogP contribution < -0.4 is 5.20 Å². The first-order valence-electron chi connectivity index (χ1n) is 5.73. The highest BCUT2D eigenvalue weighted by Gasteiger charge is 2.27. The minimum atomic E-state index is -3.56. The first-order valence-corrected chi connectivity index (χ1v) is 7.27. The maximum absolute atomic E-state index is 12.2. The van der Waals surface area contributed by atoms with Crippen LogP contribution in [0.4, 0.5) is 0 Å². The molecular formula is C10H21N2O5P. The summed E-state index contributed by atoms with van der Waals surface area (Å²) < 4.78 is 27.1. The number of nitrogens with zero attached hydrogens (tertiary/aromatic N) is 1. The summed E-state index contributed by atoms with van der Waals surface area (Å²) in [6.07, 6.45) is 0.267. The van der Waals surface area contributed by atoms with Crippen LogP contribution >= 0.6 is 7.75 Å². The number of esters is 1. The van der Waals surface area contributed by atoms with Gasteiger partial charge < -0.3 is 4.74 Å². The van der Waals surface area contributed by atoms with Crippen LogP contribution in [-0.4, -0.2) is 31.0 Å². The molecule has 0 amide bonds. The Kier molecular flexibility index (Phi) is 7.82. The molecule has 0 saturated carbocycles. The van der Waals surface area contributed by atoms with Crippen LogP contribution in [0.5, 0.6) is 0 Å². The van der Waals surface area contributed by atoms with Gasteiger partial charge in [0.2, 0.25) is 0 Å². The van der Waals surface area contributed by atoms with Crippen molar-refractivity contribution >= 4 is 19.9 Å². The third-order valence-corrected chi connectivity index (χ3v) is 3.09. The van der Waals surface area contributed by atoms with Crippen molar-refractivity contribution in [1.82, 2.24) is 5.20 Å². The fourth-order valence-electron chi connectivity index (χ4n) is 0.959. The molecular weight excluding hydrogens is 259 g/mol. The van der Waals surface area contributed by atoms with E-state index < -0.39 is 13.7 Å². The zero-order valence-corrected chi connectivity index (χ0v) is 12.3. The summed E-state index contributed by atoms with van der Waals surface area (Å²) in [7, 11) is -3.56. The van der Waals surface area contributed by atoms with Gasteiger partial charge in [-0.2, -0.15) is 5.10 Å². The van der Waals surface area contributed by atoms with Crippen LogP contribution in [-0.2, 0) is 23.1 Å². The number of nitrogens with one attached hydrogen (secondary N) is 1. The molecule has 0 aromatic rings. The summed E-state index contributed by atoms with van der Waals surface area (Å²) >= 11 is 0. The van der Waals surface area contributed by atoms with Crippen molar-refractivity contribution in [2.75, 3.05) is 6.61 Å². The molecule has 106 valence electrons. The van der Waals surface area contributed by atoms with Gasteiger partial charge in [-0.3, -0.25) is 9.05 Å². The van der Waals surface area contributed by atoms with Gasteiger partial charge in [0, 0.05) is 0 Å². The molecule has 18 heavy (non-hydrogen) atoms. The van der Waals surface area contributed by atoms with E-state index in [9.17, 15) is 9.36 Å². The van der Waals surface area contributed by atoms with E-state index in [0.717, 1.165) is 6.21 Å². The molecule has 0 rings (SSSR count). The van der Waals surface area contributed by atoms with Gasteiger partial charge in [-0.05, 0) is 34.6 Å². The van der Waals surface area contributed by atoms with Gasteiger partial charge in [0.05, 0.1) is 18.8 Å². The third kappa shape index (κ3) is 8.22. The minimum Gasteiger partial charge on any atom is -0.462 e. The average molecular weight is 280 g/mol. The van der Waals surface area contributed by atoms with Gasteiger partial charge in [0.1, 0.15) is 6.21 Å². The molecule has 0 aliphatic carbocycles. The van der Waals surface area contributed by atoms with Crippen molar-refractivity contribution in [2.24, 2.45) is 5.10 Å². The summed E-state index contributed by atoms with van der Waals surface area (Å²) in [6, 6.07) is 0. The van der Waals surface area contributed by atoms with Crippen LogP contribution in [0.3, 0.4) is 0 Å². The highest BCUT2D eigenvalue weighted by atomic mass is 31.2. The predicted octanol–water partition coefficient (Wildman–Crippen LogP) is 2.08. The lowest BCUT2D eigenvalue weighted by Crippen LogP contribution is -2.17. The van der Waals surface area contributed by atoms with Crippen molar-refractivity contribution < 1.29 is 23.1 Å². The second-order valence-corrected chi connectivity index (χ2v) is 5.53. The molecule has 0 spiro atoms. The number of carbonyl (C=O) groups excluding carboxylic acids is 1. The van der Waals surface area contributed by atoms with E-state index in [2.05, 4.69) is 15.0 Å². The summed E-state index contributed by atoms with van der Waals surface area (Å²) in [5, 5.41) is 5.73. The van der Waals surface area contributed by atoms with Crippen molar-refractivity contribution in [3.8, 4) is 0 Å². The Balaban J connectivity index is 4.50.